The Morgan fingerprint density at radius 3 is 3.00 bits per heavy atom. The summed E-state index contributed by atoms with van der Waals surface area (Å²) in [7, 11) is -4.80. The average molecular weight is 271 g/mol. The van der Waals surface area contributed by atoms with E-state index in [1.165, 1.54) is 0 Å². The van der Waals surface area contributed by atoms with Crippen molar-refractivity contribution in [3.63, 3.8) is 0 Å². The van der Waals surface area contributed by atoms with E-state index in [4.69, 9.17) is 36.9 Å². The number of hydrogen-bond acceptors (Lipinski definition) is 2. The van der Waals surface area contributed by atoms with E-state index in [1.54, 1.807) is 0 Å². The van der Waals surface area contributed by atoms with E-state index >= 15 is 0 Å². The number of nitrogens with one attached hydrogen (secondary N) is 1. The predicted octanol–water partition coefficient (Wildman–Crippen LogP) is 1.88. The number of hydrogen-bond donors (Lipinski definition) is 1. The highest BCUT2D eigenvalue weighted by atomic mass is 35.5. The normalized spacial score (nSPS) is 49.1. The molecule has 0 spiro atoms. The van der Waals surface area contributed by atoms with Crippen LogP contribution in [0.25, 0.3) is 0 Å². The molecule has 1 aliphatic heterocycles. The van der Waals surface area contributed by atoms with Gasteiger partial charge in [-0.05, 0) is 6.37 Å². The summed E-state index contributed by atoms with van der Waals surface area (Å²) in [5.74, 6) is -5.87. The fourth-order valence-corrected chi connectivity index (χ4v) is 2.34. The molecule has 0 amide bonds. The Kier molecular flexibility index (Phi) is 2.04. The van der Waals surface area contributed by atoms with Crippen molar-refractivity contribution in [1.82, 2.24) is 9.76 Å². The topological polar surface area (TPSA) is 41.6 Å². The van der Waals surface area contributed by atoms with E-state index in [0.29, 0.717) is 0 Å². The highest BCUT2D eigenvalue weighted by Gasteiger charge is 2.32. The van der Waals surface area contributed by atoms with Crippen molar-refractivity contribution in [3.8, 4) is 0 Å². The Balaban J connectivity index is 3.38. The second-order valence-corrected chi connectivity index (χ2v) is 4.60. The van der Waals surface area contributed by atoms with Crippen molar-refractivity contribution in [1.29, 1.82) is 0 Å². The summed E-state index contributed by atoms with van der Waals surface area (Å²) in [5, 5.41) is 2.00. The fourth-order valence-electron chi connectivity index (χ4n) is 0.740. The summed E-state index contributed by atoms with van der Waals surface area (Å²) in [6, 6.07) is 0. The van der Waals surface area contributed by atoms with Gasteiger partial charge in [-0.25, -0.2) is 9.76 Å². The molecule has 84 valence electrons. The maximum Gasteiger partial charge on any atom is 0.343 e. The zero-order valence-corrected chi connectivity index (χ0v) is 9.29. The Morgan fingerprint density at radius 2 is 2.43 bits per heavy atom. The van der Waals surface area contributed by atoms with Gasteiger partial charge in [0, 0.05) is 42.2 Å². The van der Waals surface area contributed by atoms with Gasteiger partial charge in [0.2, 0.25) is 0 Å². The summed E-state index contributed by atoms with van der Waals surface area (Å²) in [5.41, 5.74) is 0. The van der Waals surface area contributed by atoms with Crippen molar-refractivity contribution in [2.45, 2.75) is 6.37 Å². The van der Waals surface area contributed by atoms with Gasteiger partial charge < -0.3 is 4.52 Å². The van der Waals surface area contributed by atoms with Crippen LogP contribution in [0.5, 0.6) is 0 Å². The van der Waals surface area contributed by atoms with Crippen LogP contribution in [0, 0.1) is 0 Å². The first-order valence-electron chi connectivity index (χ1n) is 8.47. The third kappa shape index (κ3) is 3.37. The van der Waals surface area contributed by atoms with Gasteiger partial charge in [-0.15, -0.1) is 23.2 Å². The molecule has 0 aromatic rings. The van der Waals surface area contributed by atoms with Gasteiger partial charge in [-0.3, -0.25) is 4.57 Å². The molecule has 0 aromatic heterocycles. The molecule has 7 heteroatoms. The molecule has 0 saturated carbocycles. The molecule has 14 heavy (non-hydrogen) atoms. The summed E-state index contributed by atoms with van der Waals surface area (Å²) < 4.78 is 92.3. The minimum Gasteiger partial charge on any atom is -0.306 e. The lowest BCUT2D eigenvalue weighted by atomic mass is 10.5. The minimum absolute atomic E-state index is 0.0209. The number of nitrogens with zero attached hydrogens (tertiary/aromatic N) is 1. The maximum absolute atomic E-state index is 12.9. The minimum atomic E-state index is -4.80. The molecule has 0 radical (unpaired) electrons. The molecule has 1 N–H and O–H groups in total. The lowest BCUT2D eigenvalue weighted by molar-refractivity contribution is 0.233. The molecule has 4 nitrogen and oxygen atoms in total. The van der Waals surface area contributed by atoms with Crippen LogP contribution in [0.15, 0.2) is 0 Å². The molecule has 1 unspecified atom stereocenters. The molecule has 1 fully saturated rings. The average Bonchev–Trinajstić information content (AvgIpc) is 2.29. The monoisotopic (exact) mass is 270 g/mol. The van der Waals surface area contributed by atoms with Crippen LogP contribution < -0.4 is 5.09 Å². The van der Waals surface area contributed by atoms with E-state index in [2.05, 4.69) is 4.52 Å². The zero-order chi connectivity index (χ0) is 19.4. The molecule has 0 bridgehead atoms. The predicted molar refractivity (Wildman–Crippen MR) is 59.2 cm³/mol. The van der Waals surface area contributed by atoms with E-state index in [1.807, 2.05) is 5.09 Å². The number of alkyl halides is 2. The van der Waals surface area contributed by atoms with E-state index in [0.717, 1.165) is 0 Å². The maximum atomic E-state index is 12.9. The smallest absolute Gasteiger partial charge is 0.306 e. The Morgan fingerprint density at radius 1 is 1.64 bits per heavy atom. The second kappa shape index (κ2) is 6.31. The van der Waals surface area contributed by atoms with Crippen molar-refractivity contribution in [2.75, 3.05) is 37.8 Å². The van der Waals surface area contributed by atoms with Crippen LogP contribution in [0.3, 0.4) is 0 Å². The van der Waals surface area contributed by atoms with Crippen LogP contribution in [0.2, 0.25) is 0 Å². The van der Waals surface area contributed by atoms with Crippen molar-refractivity contribution < 1.29 is 22.8 Å². The Hall–Kier alpha value is 0.690. The Bertz CT molecular complexity index is 536. The molecular weight excluding hydrogens is 246 g/mol. The van der Waals surface area contributed by atoms with E-state index in [9.17, 15) is 4.57 Å². The molecule has 0 aromatic carbocycles. The first-order chi connectivity index (χ1) is 10.3. The lowest BCUT2D eigenvalue weighted by Crippen LogP contribution is -2.35. The highest BCUT2D eigenvalue weighted by Crippen LogP contribution is 2.47. The molecule has 1 atom stereocenters. The first kappa shape index (κ1) is 4.52. The van der Waals surface area contributed by atoms with Gasteiger partial charge in [0.25, 0.3) is 0 Å². The summed E-state index contributed by atoms with van der Waals surface area (Å²) in [6.45, 7) is -8.48. The van der Waals surface area contributed by atoms with Gasteiger partial charge in [0.1, 0.15) is 0 Å². The van der Waals surface area contributed by atoms with E-state index in [-0.39, 0.29) is 4.67 Å². The van der Waals surface area contributed by atoms with Crippen molar-refractivity contribution in [3.05, 3.63) is 0 Å². The van der Waals surface area contributed by atoms with Crippen molar-refractivity contribution >= 4 is 30.9 Å². The molecule has 1 saturated heterocycles. The summed E-state index contributed by atoms with van der Waals surface area (Å²) in [4.78, 5) is 0. The number of rotatable bonds is 5. The molecule has 1 aliphatic rings. The van der Waals surface area contributed by atoms with Gasteiger partial charge in [-0.1, -0.05) is 0 Å². The largest absolute Gasteiger partial charge is 0.343 e. The summed E-state index contributed by atoms with van der Waals surface area (Å²) >= 11 is 10.7. The van der Waals surface area contributed by atoms with Gasteiger partial charge in [0.15, 0.2) is 0 Å². The number of halogens is 2. The van der Waals surface area contributed by atoms with Crippen LogP contribution in [-0.4, -0.2) is 42.5 Å². The zero-order valence-electron chi connectivity index (χ0n) is 16.9. The Labute approximate surface area is 108 Å². The fraction of sp³-hybridized carbons (Fsp3) is 1.00. The highest BCUT2D eigenvalue weighted by molar-refractivity contribution is 7.54. The lowest BCUT2D eigenvalue weighted by Gasteiger charge is -2.33. The molecule has 1 heterocycles. The standard InChI is InChI=1S/C7H15Cl2N2O2P/c8-2-5-11(6-3-9)14(12)10-4-1-7-13-14/h1-7H2,(H,10,12)/i1D2,2D2,3D2,5D2,7D2. The van der Waals surface area contributed by atoms with E-state index < -0.39 is 51.9 Å². The van der Waals surface area contributed by atoms with Crippen molar-refractivity contribution in [2.24, 2.45) is 0 Å². The second-order valence-electron chi connectivity index (χ2n) is 2.12. The SMILES string of the molecule is [2H]C([2H])(Cl)CN(C([2H])([2H])C([2H])([2H])Cl)P1(=O)NCC([2H])([2H])C([2H])([2H])O1. The third-order valence-electron chi connectivity index (χ3n) is 1.31. The van der Waals surface area contributed by atoms with Crippen LogP contribution in [0.1, 0.15) is 20.1 Å². The quantitative estimate of drug-likeness (QED) is 0.612. The molecule has 0 aliphatic carbocycles. The molecule has 1 rings (SSSR count). The van der Waals surface area contributed by atoms with Gasteiger partial charge in [0.05, 0.1) is 9.30 Å². The first-order valence-corrected chi connectivity index (χ1v) is 5.80. The summed E-state index contributed by atoms with van der Waals surface area (Å²) in [6.07, 6.45) is -2.63. The van der Waals surface area contributed by atoms with Crippen LogP contribution in [0.4, 0.5) is 0 Å². The van der Waals surface area contributed by atoms with Gasteiger partial charge >= 0.3 is 7.67 Å². The molecular formula is C7H15Cl2N2O2P. The third-order valence-corrected chi connectivity index (χ3v) is 3.29. The van der Waals surface area contributed by atoms with Crippen LogP contribution >= 0.6 is 30.9 Å². The van der Waals surface area contributed by atoms with Crippen LogP contribution in [-0.2, 0) is 9.09 Å². The van der Waals surface area contributed by atoms with Gasteiger partial charge in [-0.2, -0.15) is 0 Å².